The third-order valence-electron chi connectivity index (χ3n) is 5.10. The Morgan fingerprint density at radius 2 is 2.03 bits per heavy atom. The molecule has 1 aromatic rings. The standard InChI is InChI=1S/C16H21N5O10/c1-5-3-21(16(28)18-13(5)25)8-2-6(19-20-17)7(30-8)4-29-15-11(24)9(22)10(23)12(31-15)14(26)27/h3,6-12,15,22-24H,2,4H2,1H3,(H,26,27)(H,18,25,28)/t6-,7-,8-,9+,10+,11+,12-,15-/m1/s1. The molecule has 2 saturated heterocycles. The van der Waals surface area contributed by atoms with Gasteiger partial charge in [0.15, 0.2) is 12.4 Å². The number of aromatic nitrogens is 2. The Kier molecular flexibility index (Phi) is 6.76. The number of nitrogens with zero attached hydrogens (tertiary/aromatic N) is 4. The fraction of sp³-hybridized carbons (Fsp3) is 0.688. The first-order valence-corrected chi connectivity index (χ1v) is 9.19. The number of ether oxygens (including phenoxy) is 3. The van der Waals surface area contributed by atoms with Crippen molar-refractivity contribution in [2.24, 2.45) is 5.11 Å². The molecule has 0 aromatic carbocycles. The smallest absolute Gasteiger partial charge is 0.335 e. The minimum absolute atomic E-state index is 0.0661. The van der Waals surface area contributed by atoms with Gasteiger partial charge in [-0.3, -0.25) is 14.3 Å². The third-order valence-corrected chi connectivity index (χ3v) is 5.10. The molecule has 0 bridgehead atoms. The number of aliphatic hydroxyl groups is 3. The van der Waals surface area contributed by atoms with E-state index in [1.807, 2.05) is 0 Å². The first-order valence-electron chi connectivity index (χ1n) is 9.19. The predicted molar refractivity (Wildman–Crippen MR) is 97.8 cm³/mol. The van der Waals surface area contributed by atoms with Crippen LogP contribution in [-0.2, 0) is 19.0 Å². The minimum Gasteiger partial charge on any atom is -0.479 e. The van der Waals surface area contributed by atoms with Gasteiger partial charge in [0.25, 0.3) is 5.56 Å². The van der Waals surface area contributed by atoms with Gasteiger partial charge in [0.1, 0.15) is 24.5 Å². The molecule has 2 aliphatic heterocycles. The highest BCUT2D eigenvalue weighted by Crippen LogP contribution is 2.31. The molecule has 170 valence electrons. The van der Waals surface area contributed by atoms with Crippen LogP contribution in [0.1, 0.15) is 18.2 Å². The van der Waals surface area contributed by atoms with Crippen molar-refractivity contribution >= 4 is 5.97 Å². The largest absolute Gasteiger partial charge is 0.479 e. The topological polar surface area (TPSA) is 229 Å². The summed E-state index contributed by atoms with van der Waals surface area (Å²) in [5.74, 6) is -1.57. The summed E-state index contributed by atoms with van der Waals surface area (Å²) in [6.07, 6.45) is -9.39. The molecule has 0 unspecified atom stereocenters. The van der Waals surface area contributed by atoms with E-state index in [9.17, 15) is 29.7 Å². The zero-order valence-electron chi connectivity index (χ0n) is 16.1. The van der Waals surface area contributed by atoms with Gasteiger partial charge in [-0.05, 0) is 12.5 Å². The van der Waals surface area contributed by atoms with Gasteiger partial charge in [-0.25, -0.2) is 9.59 Å². The van der Waals surface area contributed by atoms with Gasteiger partial charge >= 0.3 is 11.7 Å². The van der Waals surface area contributed by atoms with Crippen molar-refractivity contribution in [2.45, 2.75) is 62.4 Å². The lowest BCUT2D eigenvalue weighted by Gasteiger charge is -2.38. The van der Waals surface area contributed by atoms with Crippen molar-refractivity contribution in [3.8, 4) is 0 Å². The van der Waals surface area contributed by atoms with Crippen LogP contribution in [0.3, 0.4) is 0 Å². The first kappa shape index (κ1) is 22.9. The zero-order valence-corrected chi connectivity index (χ0v) is 16.1. The van der Waals surface area contributed by atoms with Crippen LogP contribution in [0.25, 0.3) is 10.4 Å². The normalized spacial score (nSPS) is 35.5. The van der Waals surface area contributed by atoms with E-state index < -0.39 is 66.3 Å². The Bertz CT molecular complexity index is 988. The minimum atomic E-state index is -1.87. The van der Waals surface area contributed by atoms with Gasteiger partial charge in [0.05, 0.1) is 18.8 Å². The van der Waals surface area contributed by atoms with Crippen LogP contribution < -0.4 is 11.2 Å². The molecule has 0 radical (unpaired) electrons. The molecule has 3 heterocycles. The van der Waals surface area contributed by atoms with E-state index in [1.165, 1.54) is 13.1 Å². The van der Waals surface area contributed by atoms with Crippen LogP contribution in [0.4, 0.5) is 0 Å². The SMILES string of the molecule is Cc1cn([C@H]2C[C@@H](N=[N+]=[N-])[C@@H](CO[C@@H]3O[C@@H](C(=O)O)[C@@H](O)[C@H](O)[C@@H]3O)O2)c(=O)[nH]c1=O. The average molecular weight is 443 g/mol. The fourth-order valence-corrected chi connectivity index (χ4v) is 3.40. The Balaban J connectivity index is 1.74. The number of aryl methyl sites for hydroxylation is 1. The molecule has 15 nitrogen and oxygen atoms in total. The highest BCUT2D eigenvalue weighted by molar-refractivity contribution is 5.73. The lowest BCUT2D eigenvalue weighted by Crippen LogP contribution is -2.60. The number of aromatic amines is 1. The molecular formula is C16H21N5O10. The van der Waals surface area contributed by atoms with Crippen LogP contribution >= 0.6 is 0 Å². The number of aliphatic hydroxyl groups excluding tert-OH is 3. The van der Waals surface area contributed by atoms with Crippen LogP contribution in [0.2, 0.25) is 0 Å². The number of carbonyl (C=O) groups is 1. The molecule has 0 amide bonds. The summed E-state index contributed by atoms with van der Waals surface area (Å²) in [7, 11) is 0. The maximum absolute atomic E-state index is 12.1. The van der Waals surface area contributed by atoms with Gasteiger partial charge in [-0.15, -0.1) is 0 Å². The zero-order chi connectivity index (χ0) is 22.9. The molecule has 15 heteroatoms. The van der Waals surface area contributed by atoms with Crippen molar-refractivity contribution in [1.82, 2.24) is 9.55 Å². The molecular weight excluding hydrogens is 422 g/mol. The Morgan fingerprint density at radius 1 is 1.32 bits per heavy atom. The molecule has 1 aromatic heterocycles. The van der Waals surface area contributed by atoms with Gasteiger partial charge in [0.2, 0.25) is 0 Å². The number of H-pyrrole nitrogens is 1. The van der Waals surface area contributed by atoms with E-state index >= 15 is 0 Å². The number of hydrogen-bond acceptors (Lipinski definition) is 10. The van der Waals surface area contributed by atoms with Crippen molar-refractivity contribution in [3.05, 3.63) is 43.0 Å². The van der Waals surface area contributed by atoms with Gasteiger partial charge in [-0.2, -0.15) is 0 Å². The number of nitrogens with one attached hydrogen (secondary N) is 1. The van der Waals surface area contributed by atoms with Crippen LogP contribution in [0.5, 0.6) is 0 Å². The summed E-state index contributed by atoms with van der Waals surface area (Å²) in [5, 5.41) is 42.3. The number of rotatable bonds is 6. The van der Waals surface area contributed by atoms with Crippen molar-refractivity contribution in [1.29, 1.82) is 0 Å². The van der Waals surface area contributed by atoms with Crippen LogP contribution in [0, 0.1) is 6.92 Å². The second-order valence-electron chi connectivity index (χ2n) is 7.18. The van der Waals surface area contributed by atoms with E-state index in [1.54, 1.807) is 0 Å². The molecule has 0 aliphatic carbocycles. The molecule has 2 aliphatic rings. The number of carboxylic acids is 1. The van der Waals surface area contributed by atoms with Crippen LogP contribution in [-0.4, -0.2) is 85.4 Å². The molecule has 5 N–H and O–H groups in total. The van der Waals surface area contributed by atoms with Crippen molar-refractivity contribution in [2.75, 3.05) is 6.61 Å². The molecule has 3 rings (SSSR count). The number of hydrogen-bond donors (Lipinski definition) is 5. The third kappa shape index (κ3) is 4.62. The highest BCUT2D eigenvalue weighted by Gasteiger charge is 2.48. The van der Waals surface area contributed by atoms with E-state index in [0.29, 0.717) is 0 Å². The van der Waals surface area contributed by atoms with E-state index in [2.05, 4.69) is 15.0 Å². The van der Waals surface area contributed by atoms with Crippen molar-refractivity contribution < 1.29 is 39.4 Å². The Hall–Kier alpha value is -2.78. The summed E-state index contributed by atoms with van der Waals surface area (Å²) in [4.78, 5) is 39.7. The summed E-state index contributed by atoms with van der Waals surface area (Å²) < 4.78 is 17.2. The lowest BCUT2D eigenvalue weighted by atomic mass is 9.99. The number of carboxylic acid groups (broad SMARTS) is 1. The molecule has 8 atom stereocenters. The second-order valence-corrected chi connectivity index (χ2v) is 7.18. The Labute approximate surface area is 173 Å². The maximum atomic E-state index is 12.1. The monoisotopic (exact) mass is 443 g/mol. The summed E-state index contributed by atoms with van der Waals surface area (Å²) >= 11 is 0. The van der Waals surface area contributed by atoms with E-state index in [-0.39, 0.29) is 18.6 Å². The highest BCUT2D eigenvalue weighted by atomic mass is 16.7. The molecule has 31 heavy (non-hydrogen) atoms. The lowest BCUT2D eigenvalue weighted by molar-refractivity contribution is -0.298. The van der Waals surface area contributed by atoms with E-state index in [4.69, 9.17) is 24.8 Å². The molecule has 0 saturated carbocycles. The first-order chi connectivity index (χ1) is 14.6. The van der Waals surface area contributed by atoms with Crippen LogP contribution in [0.15, 0.2) is 20.9 Å². The predicted octanol–water partition coefficient (Wildman–Crippen LogP) is -2.28. The molecule has 2 fully saturated rings. The van der Waals surface area contributed by atoms with E-state index in [0.717, 1.165) is 4.57 Å². The maximum Gasteiger partial charge on any atom is 0.335 e. The summed E-state index contributed by atoms with van der Waals surface area (Å²) in [5.41, 5.74) is 7.79. The number of azide groups is 1. The van der Waals surface area contributed by atoms with Gasteiger partial charge < -0.3 is 34.6 Å². The number of aliphatic carboxylic acids is 1. The van der Waals surface area contributed by atoms with Crippen molar-refractivity contribution in [3.63, 3.8) is 0 Å². The second kappa shape index (κ2) is 9.15. The summed E-state index contributed by atoms with van der Waals surface area (Å²) in [6.45, 7) is 1.13. The van der Waals surface area contributed by atoms with Gasteiger partial charge in [-0.1, -0.05) is 5.11 Å². The molecule has 0 spiro atoms. The fourth-order valence-electron chi connectivity index (χ4n) is 3.40. The van der Waals surface area contributed by atoms with Gasteiger partial charge in [0, 0.05) is 23.1 Å². The quantitative estimate of drug-likeness (QED) is 0.180. The Morgan fingerprint density at radius 3 is 2.68 bits per heavy atom. The summed E-state index contributed by atoms with van der Waals surface area (Å²) in [6, 6.07) is -0.805. The average Bonchev–Trinajstić information content (AvgIpc) is 3.11.